The van der Waals surface area contributed by atoms with Crippen LogP contribution in [0, 0.1) is 35.5 Å². The monoisotopic (exact) mass is 768 g/mol. The lowest BCUT2D eigenvalue weighted by molar-refractivity contribution is -0.144. The summed E-state index contributed by atoms with van der Waals surface area (Å²) in [7, 11) is 0. The van der Waals surface area contributed by atoms with E-state index in [-0.39, 0.29) is 43.2 Å². The lowest BCUT2D eigenvalue weighted by Crippen LogP contribution is -2.35. The van der Waals surface area contributed by atoms with E-state index in [9.17, 15) is 34.5 Å². The summed E-state index contributed by atoms with van der Waals surface area (Å²) in [5.74, 6) is -3.20. The first-order chi connectivity index (χ1) is 27.1. The molecule has 3 heterocycles. The molecule has 3 aliphatic rings. The molecule has 3 saturated heterocycles. The molecule has 12 heteroatoms. The number of hydrogen-bond donors (Lipinski definition) is 6. The van der Waals surface area contributed by atoms with Crippen LogP contribution in [-0.2, 0) is 51.4 Å². The number of amides is 1. The third-order valence-electron chi connectivity index (χ3n) is 11.9. The van der Waals surface area contributed by atoms with E-state index < -0.39 is 35.7 Å². The van der Waals surface area contributed by atoms with Crippen molar-refractivity contribution in [2.75, 3.05) is 52.4 Å². The Balaban J connectivity index is 1.15. The highest BCUT2D eigenvalue weighted by Crippen LogP contribution is 2.27. The molecule has 56 heavy (non-hydrogen) atoms. The number of ether oxygens (including phenoxy) is 1. The number of carbonyl (C=O) groups excluding carboxylic acids is 1. The van der Waals surface area contributed by atoms with Gasteiger partial charge in [0.25, 0.3) is 0 Å². The lowest BCUT2D eigenvalue weighted by Gasteiger charge is -2.24. The molecule has 0 spiro atoms. The smallest absolute Gasteiger partial charge is 0.307 e. The number of hydrogen-bond acceptors (Lipinski definition) is 8. The van der Waals surface area contributed by atoms with E-state index in [0.717, 1.165) is 66.7 Å². The van der Waals surface area contributed by atoms with Crippen molar-refractivity contribution < 1.29 is 39.2 Å². The molecule has 6 N–H and O–H groups in total. The maximum atomic E-state index is 14.1. The van der Waals surface area contributed by atoms with Gasteiger partial charge in [0.15, 0.2) is 0 Å². The molecule has 3 aromatic carbocycles. The highest BCUT2D eigenvalue weighted by atomic mass is 16.5. The minimum atomic E-state index is -0.804. The van der Waals surface area contributed by atoms with Crippen molar-refractivity contribution >= 4 is 23.8 Å². The predicted octanol–water partition coefficient (Wildman–Crippen LogP) is 3.90. The zero-order valence-electron chi connectivity index (χ0n) is 32.0. The fraction of sp³-hybridized carbons (Fsp3) is 0.500. The van der Waals surface area contributed by atoms with Crippen molar-refractivity contribution in [2.45, 2.75) is 51.5 Å². The number of aliphatic carboxylic acids is 3. The fourth-order valence-electron chi connectivity index (χ4n) is 8.75. The standard InChI is InChI=1S/C44H56N4O8/c49-41(24-31-6-1-4-29(18-31)21-38(42(50)51)34-10-13-45-25-34)48(28-33-8-2-5-30(19-33)22-39(43(52)53)35-11-14-46-26-35)16-17-56-37-9-3-7-32(20-37)23-40(44(54)55)36-12-15-47-27-36/h1-9,18-20,34-36,38-40,45-47H,10-17,21-28H2,(H,50,51)(H,52,53)(H,54,55)/t34-,35-,36-,38-,39-,40-/m1/s1. The quantitative estimate of drug-likeness (QED) is 0.0984. The van der Waals surface area contributed by atoms with E-state index in [2.05, 4.69) is 16.0 Å². The number of rotatable bonds is 20. The van der Waals surface area contributed by atoms with Crippen molar-refractivity contribution in [1.82, 2.24) is 20.9 Å². The summed E-state index contributed by atoms with van der Waals surface area (Å²) >= 11 is 0. The second-order valence-corrected chi connectivity index (χ2v) is 15.8. The molecular weight excluding hydrogens is 713 g/mol. The molecule has 3 fully saturated rings. The van der Waals surface area contributed by atoms with Gasteiger partial charge in [-0.05, 0) is 135 Å². The van der Waals surface area contributed by atoms with Crippen LogP contribution in [0.5, 0.6) is 5.75 Å². The Morgan fingerprint density at radius 1 is 0.607 bits per heavy atom. The molecule has 0 bridgehead atoms. The highest BCUT2D eigenvalue weighted by Gasteiger charge is 2.33. The number of carboxylic acid groups (broad SMARTS) is 3. The average molecular weight is 769 g/mol. The Kier molecular flexibility index (Phi) is 14.5. The first-order valence-corrected chi connectivity index (χ1v) is 20.1. The van der Waals surface area contributed by atoms with E-state index in [1.165, 1.54) is 0 Å². The molecule has 0 unspecified atom stereocenters. The van der Waals surface area contributed by atoms with Gasteiger partial charge in [-0.1, -0.05) is 60.7 Å². The van der Waals surface area contributed by atoms with Crippen LogP contribution >= 0.6 is 0 Å². The second-order valence-electron chi connectivity index (χ2n) is 15.8. The first kappa shape index (κ1) is 40.9. The first-order valence-electron chi connectivity index (χ1n) is 20.1. The molecule has 0 aromatic heterocycles. The van der Waals surface area contributed by atoms with Crippen molar-refractivity contribution in [2.24, 2.45) is 35.5 Å². The number of carboxylic acids is 3. The van der Waals surface area contributed by atoms with Gasteiger partial charge in [-0.3, -0.25) is 19.2 Å². The van der Waals surface area contributed by atoms with E-state index in [1.807, 2.05) is 72.8 Å². The predicted molar refractivity (Wildman–Crippen MR) is 211 cm³/mol. The van der Waals surface area contributed by atoms with Crippen molar-refractivity contribution in [1.29, 1.82) is 0 Å². The third-order valence-corrected chi connectivity index (χ3v) is 11.9. The molecule has 0 saturated carbocycles. The molecule has 3 aromatic rings. The maximum absolute atomic E-state index is 14.1. The number of nitrogens with one attached hydrogen (secondary N) is 3. The van der Waals surface area contributed by atoms with Gasteiger partial charge in [0.1, 0.15) is 12.4 Å². The lowest BCUT2D eigenvalue weighted by atomic mass is 9.86. The molecule has 0 aliphatic carbocycles. The minimum Gasteiger partial charge on any atom is -0.492 e. The van der Waals surface area contributed by atoms with Crippen molar-refractivity contribution in [3.8, 4) is 5.75 Å². The van der Waals surface area contributed by atoms with Crippen LogP contribution in [-0.4, -0.2) is 96.5 Å². The summed E-state index contributed by atoms with van der Waals surface area (Å²) in [6, 6.07) is 22.9. The molecule has 12 nitrogen and oxygen atoms in total. The van der Waals surface area contributed by atoms with Gasteiger partial charge < -0.3 is 40.9 Å². The average Bonchev–Trinajstić information content (AvgIpc) is 4.00. The molecule has 3 aliphatic heterocycles. The summed E-state index contributed by atoms with van der Waals surface area (Å²) < 4.78 is 6.19. The summed E-state index contributed by atoms with van der Waals surface area (Å²) in [6.45, 7) is 5.32. The van der Waals surface area contributed by atoms with Crippen LogP contribution in [0.4, 0.5) is 0 Å². The zero-order chi connectivity index (χ0) is 39.4. The molecule has 1 amide bonds. The Morgan fingerprint density at radius 3 is 1.50 bits per heavy atom. The number of benzene rings is 3. The number of carbonyl (C=O) groups is 4. The Hall–Kier alpha value is -4.78. The van der Waals surface area contributed by atoms with Crippen LogP contribution in [0.25, 0.3) is 0 Å². The minimum absolute atomic E-state index is 0.0635. The summed E-state index contributed by atoms with van der Waals surface area (Å²) in [5.41, 5.74) is 4.36. The van der Waals surface area contributed by atoms with Crippen LogP contribution in [0.15, 0.2) is 72.8 Å². The van der Waals surface area contributed by atoms with Gasteiger partial charge in [0.05, 0.1) is 30.7 Å². The topological polar surface area (TPSA) is 178 Å². The van der Waals surface area contributed by atoms with Gasteiger partial charge >= 0.3 is 17.9 Å². The summed E-state index contributed by atoms with van der Waals surface area (Å²) in [4.78, 5) is 52.4. The van der Waals surface area contributed by atoms with Gasteiger partial charge in [-0.15, -0.1) is 0 Å². The second kappa shape index (κ2) is 19.9. The van der Waals surface area contributed by atoms with Gasteiger partial charge in [0.2, 0.25) is 5.91 Å². The van der Waals surface area contributed by atoms with Crippen LogP contribution in [0.2, 0.25) is 0 Å². The largest absolute Gasteiger partial charge is 0.492 e. The van der Waals surface area contributed by atoms with Gasteiger partial charge in [-0.2, -0.15) is 0 Å². The van der Waals surface area contributed by atoms with Crippen LogP contribution in [0.1, 0.15) is 47.1 Å². The Morgan fingerprint density at radius 2 is 1.04 bits per heavy atom. The number of nitrogens with zero attached hydrogens (tertiary/aromatic N) is 1. The Bertz CT molecular complexity index is 1800. The molecule has 0 radical (unpaired) electrons. The Labute approximate surface area is 329 Å². The van der Waals surface area contributed by atoms with Crippen molar-refractivity contribution in [3.05, 3.63) is 101 Å². The third kappa shape index (κ3) is 11.4. The van der Waals surface area contributed by atoms with E-state index in [4.69, 9.17) is 4.74 Å². The molecule has 6 rings (SSSR count). The fourth-order valence-corrected chi connectivity index (χ4v) is 8.75. The summed E-state index contributed by atoms with van der Waals surface area (Å²) in [6.07, 6.45) is 3.82. The van der Waals surface area contributed by atoms with E-state index in [0.29, 0.717) is 51.2 Å². The molecule has 6 atom stereocenters. The maximum Gasteiger partial charge on any atom is 0.307 e. The SMILES string of the molecule is O=C(O)[C@H](Cc1cccc(CC(=O)N(CCOc2cccc(C[C@@H](C(=O)O)[C@@H]3CCNC3)c2)Cc2cccc(C[C@@H](C(=O)O)[C@@H]3CCNC3)c2)c1)[C@@H]1CCNC1. The van der Waals surface area contributed by atoms with Crippen molar-refractivity contribution in [3.63, 3.8) is 0 Å². The highest BCUT2D eigenvalue weighted by molar-refractivity contribution is 5.79. The molecule has 300 valence electrons. The van der Waals surface area contributed by atoms with E-state index in [1.54, 1.807) is 4.90 Å². The zero-order valence-corrected chi connectivity index (χ0v) is 32.0. The normalized spacial score (nSPS) is 21.0. The summed E-state index contributed by atoms with van der Waals surface area (Å²) in [5, 5.41) is 39.8. The van der Waals surface area contributed by atoms with Gasteiger partial charge in [0, 0.05) is 6.54 Å². The van der Waals surface area contributed by atoms with Gasteiger partial charge in [-0.25, -0.2) is 0 Å². The van der Waals surface area contributed by atoms with Crippen LogP contribution in [0.3, 0.4) is 0 Å². The van der Waals surface area contributed by atoms with Crippen LogP contribution < -0.4 is 20.7 Å². The van der Waals surface area contributed by atoms with E-state index >= 15 is 0 Å². The molecular formula is C44H56N4O8.